The summed E-state index contributed by atoms with van der Waals surface area (Å²) in [5.41, 5.74) is 0. The molecule has 3 N–H and O–H groups in total. The molecule has 55 heavy (non-hydrogen) atoms. The van der Waals surface area contributed by atoms with Gasteiger partial charge in [-0.2, -0.15) is 0 Å². The predicted molar refractivity (Wildman–Crippen MR) is 236 cm³/mol. The summed E-state index contributed by atoms with van der Waals surface area (Å²) >= 11 is 0. The number of esters is 1. The molecule has 0 bridgehead atoms. The van der Waals surface area contributed by atoms with Crippen LogP contribution in [0.4, 0.5) is 0 Å². The molecule has 0 aliphatic heterocycles. The van der Waals surface area contributed by atoms with Crippen LogP contribution in [0.15, 0.2) is 48.6 Å². The molecule has 320 valence electrons. The second-order valence-electron chi connectivity index (χ2n) is 15.7. The number of hydrogen-bond donors (Lipinski definition) is 3. The molecule has 6 nitrogen and oxygen atoms in total. The van der Waals surface area contributed by atoms with Crippen LogP contribution in [0.2, 0.25) is 0 Å². The number of aliphatic hydroxyl groups is 2. The van der Waals surface area contributed by atoms with E-state index in [-0.39, 0.29) is 18.5 Å². The molecule has 2 atom stereocenters. The molecule has 0 aromatic heterocycles. The van der Waals surface area contributed by atoms with Crippen molar-refractivity contribution in [2.45, 2.75) is 238 Å². The largest absolute Gasteiger partial charge is 0.466 e. The fourth-order valence-electron chi connectivity index (χ4n) is 6.65. The number of ether oxygens (including phenoxy) is 1. The normalized spacial score (nSPS) is 13.2. The van der Waals surface area contributed by atoms with E-state index < -0.39 is 12.1 Å². The first-order chi connectivity index (χ1) is 27.0. The third-order valence-corrected chi connectivity index (χ3v) is 10.3. The molecule has 0 radical (unpaired) electrons. The second-order valence-corrected chi connectivity index (χ2v) is 15.7. The van der Waals surface area contributed by atoms with Gasteiger partial charge < -0.3 is 20.3 Å². The van der Waals surface area contributed by atoms with Gasteiger partial charge in [-0.25, -0.2) is 0 Å². The SMILES string of the molecule is CCCCC/C=C\C/C=C\CCCCCCCCCC(=O)OCCCCC/C=C\CCCCCCCC(=O)NC(CO)C(O)/C=C/CCCCCCCCC. The molecule has 0 saturated heterocycles. The van der Waals surface area contributed by atoms with Crippen molar-refractivity contribution in [3.8, 4) is 0 Å². The zero-order valence-corrected chi connectivity index (χ0v) is 36.1. The van der Waals surface area contributed by atoms with Gasteiger partial charge in [-0.15, -0.1) is 0 Å². The molecule has 2 unspecified atom stereocenters. The average molecular weight is 772 g/mol. The summed E-state index contributed by atoms with van der Waals surface area (Å²) in [5, 5.41) is 22.8. The van der Waals surface area contributed by atoms with E-state index in [0.29, 0.717) is 19.4 Å². The molecule has 0 rings (SSSR count). The Kier molecular flexibility index (Phi) is 42.8. The first-order valence-corrected chi connectivity index (χ1v) is 23.4. The zero-order chi connectivity index (χ0) is 40.1. The fraction of sp³-hybridized carbons (Fsp3) is 0.796. The average Bonchev–Trinajstić information content (AvgIpc) is 3.18. The maximum atomic E-state index is 12.3. The molecule has 6 heteroatoms. The van der Waals surface area contributed by atoms with Crippen molar-refractivity contribution in [3.05, 3.63) is 48.6 Å². The van der Waals surface area contributed by atoms with Gasteiger partial charge in [0.25, 0.3) is 0 Å². The van der Waals surface area contributed by atoms with Crippen molar-refractivity contribution in [1.82, 2.24) is 5.32 Å². The fourth-order valence-corrected chi connectivity index (χ4v) is 6.65. The van der Waals surface area contributed by atoms with Gasteiger partial charge in [0.15, 0.2) is 0 Å². The monoisotopic (exact) mass is 772 g/mol. The summed E-state index contributed by atoms with van der Waals surface area (Å²) in [6, 6.07) is -0.645. The standard InChI is InChI=1S/C49H89NO5/c1-3-5-7-9-11-13-14-15-16-17-18-19-23-27-31-35-39-43-49(54)55-44-40-36-32-28-24-21-20-22-26-30-34-38-42-48(53)50-46(45-51)47(52)41-37-33-29-25-12-10-8-6-4-2/h11,13,15-16,21,24,37,41,46-47,51-52H,3-10,12,14,17-20,22-23,25-36,38-40,42-45H2,1-2H3,(H,50,53)/b13-11-,16-15-,24-21-,41-37+. The molecular formula is C49H89NO5. The third-order valence-electron chi connectivity index (χ3n) is 10.3. The Hall–Kier alpha value is -2.18. The predicted octanol–water partition coefficient (Wildman–Crippen LogP) is 13.5. The van der Waals surface area contributed by atoms with Gasteiger partial charge in [0, 0.05) is 12.8 Å². The number of amides is 1. The van der Waals surface area contributed by atoms with Crippen LogP contribution in [-0.2, 0) is 14.3 Å². The first-order valence-electron chi connectivity index (χ1n) is 23.4. The number of nitrogens with one attached hydrogen (secondary N) is 1. The minimum Gasteiger partial charge on any atom is -0.466 e. The van der Waals surface area contributed by atoms with Crippen LogP contribution in [0.25, 0.3) is 0 Å². The van der Waals surface area contributed by atoms with E-state index in [2.05, 4.69) is 55.6 Å². The Morgan fingerprint density at radius 3 is 1.44 bits per heavy atom. The van der Waals surface area contributed by atoms with E-state index >= 15 is 0 Å². The summed E-state index contributed by atoms with van der Waals surface area (Å²) in [6.07, 6.45) is 53.9. The lowest BCUT2D eigenvalue weighted by Gasteiger charge is -2.20. The summed E-state index contributed by atoms with van der Waals surface area (Å²) < 4.78 is 5.44. The highest BCUT2D eigenvalue weighted by atomic mass is 16.5. The molecule has 0 aromatic carbocycles. The highest BCUT2D eigenvalue weighted by Gasteiger charge is 2.18. The maximum Gasteiger partial charge on any atom is 0.305 e. The van der Waals surface area contributed by atoms with E-state index in [1.54, 1.807) is 6.08 Å². The molecule has 0 heterocycles. The highest BCUT2D eigenvalue weighted by molar-refractivity contribution is 5.76. The van der Waals surface area contributed by atoms with Gasteiger partial charge in [-0.1, -0.05) is 165 Å². The molecular weight excluding hydrogens is 683 g/mol. The Labute approximate surface area is 340 Å². The number of unbranched alkanes of at least 4 members (excludes halogenated alkanes) is 25. The van der Waals surface area contributed by atoms with Crippen LogP contribution in [0.5, 0.6) is 0 Å². The van der Waals surface area contributed by atoms with Crippen molar-refractivity contribution in [3.63, 3.8) is 0 Å². The zero-order valence-electron chi connectivity index (χ0n) is 36.1. The minimum atomic E-state index is -0.859. The van der Waals surface area contributed by atoms with Crippen molar-refractivity contribution < 1.29 is 24.5 Å². The molecule has 0 aliphatic carbocycles. The van der Waals surface area contributed by atoms with Crippen LogP contribution in [0.1, 0.15) is 226 Å². The Balaban J connectivity index is 3.53. The number of allylic oxidation sites excluding steroid dienone is 7. The molecule has 0 saturated carbocycles. The lowest BCUT2D eigenvalue weighted by molar-refractivity contribution is -0.143. The van der Waals surface area contributed by atoms with Gasteiger partial charge in [-0.3, -0.25) is 9.59 Å². The molecule has 0 aliphatic rings. The minimum absolute atomic E-state index is 0.0339. The van der Waals surface area contributed by atoms with Crippen LogP contribution in [0.3, 0.4) is 0 Å². The Morgan fingerprint density at radius 1 is 0.509 bits per heavy atom. The number of carbonyl (C=O) groups is 2. The second kappa shape index (κ2) is 44.5. The Morgan fingerprint density at radius 2 is 0.909 bits per heavy atom. The van der Waals surface area contributed by atoms with Crippen molar-refractivity contribution >= 4 is 11.9 Å². The van der Waals surface area contributed by atoms with Crippen molar-refractivity contribution in [2.75, 3.05) is 13.2 Å². The highest BCUT2D eigenvalue weighted by Crippen LogP contribution is 2.13. The van der Waals surface area contributed by atoms with E-state index in [4.69, 9.17) is 4.74 Å². The summed E-state index contributed by atoms with van der Waals surface area (Å²) in [5.74, 6) is -0.133. The quantitative estimate of drug-likeness (QED) is 0.0326. The van der Waals surface area contributed by atoms with Gasteiger partial charge in [0.05, 0.1) is 25.4 Å². The number of hydrogen-bond acceptors (Lipinski definition) is 5. The summed E-state index contributed by atoms with van der Waals surface area (Å²) in [4.78, 5) is 24.4. The van der Waals surface area contributed by atoms with Gasteiger partial charge in [0.2, 0.25) is 5.91 Å². The first kappa shape index (κ1) is 52.8. The van der Waals surface area contributed by atoms with Gasteiger partial charge in [0.1, 0.15) is 0 Å². The van der Waals surface area contributed by atoms with Gasteiger partial charge >= 0.3 is 5.97 Å². The molecule has 0 spiro atoms. The molecule has 0 aromatic rings. The summed E-state index contributed by atoms with van der Waals surface area (Å²) in [6.45, 7) is 4.76. The van der Waals surface area contributed by atoms with E-state index in [1.807, 2.05) is 6.08 Å². The topological polar surface area (TPSA) is 95.9 Å². The lowest BCUT2D eigenvalue weighted by atomic mass is 10.1. The van der Waals surface area contributed by atoms with E-state index in [9.17, 15) is 19.8 Å². The lowest BCUT2D eigenvalue weighted by Crippen LogP contribution is -2.45. The number of aliphatic hydroxyl groups excluding tert-OH is 2. The van der Waals surface area contributed by atoms with Crippen LogP contribution >= 0.6 is 0 Å². The summed E-state index contributed by atoms with van der Waals surface area (Å²) in [7, 11) is 0. The van der Waals surface area contributed by atoms with Gasteiger partial charge in [-0.05, 0) is 96.3 Å². The van der Waals surface area contributed by atoms with Crippen molar-refractivity contribution in [2.24, 2.45) is 0 Å². The van der Waals surface area contributed by atoms with Crippen molar-refractivity contribution in [1.29, 1.82) is 0 Å². The van der Waals surface area contributed by atoms with E-state index in [1.165, 1.54) is 103 Å². The maximum absolute atomic E-state index is 12.3. The van der Waals surface area contributed by atoms with Crippen LogP contribution in [0, 0.1) is 0 Å². The smallest absolute Gasteiger partial charge is 0.305 e. The van der Waals surface area contributed by atoms with Crippen LogP contribution in [-0.4, -0.2) is 47.4 Å². The number of carbonyl (C=O) groups excluding carboxylic acids is 2. The Bertz CT molecular complexity index is 942. The number of rotatable bonds is 42. The van der Waals surface area contributed by atoms with Crippen LogP contribution < -0.4 is 5.32 Å². The molecule has 0 fully saturated rings. The third kappa shape index (κ3) is 41.3. The van der Waals surface area contributed by atoms with E-state index in [0.717, 1.165) is 96.3 Å². The molecule has 1 amide bonds.